The number of benzene rings is 2. The van der Waals surface area contributed by atoms with Gasteiger partial charge in [0.1, 0.15) is 29.9 Å². The third-order valence-corrected chi connectivity index (χ3v) is 9.07. The molecule has 2 aromatic carbocycles. The average molecular weight is 700 g/mol. The average Bonchev–Trinajstić information content (AvgIpc) is 3.04. The minimum absolute atomic E-state index is 0.0258. The van der Waals surface area contributed by atoms with Gasteiger partial charge in [-0.3, -0.25) is 28.4 Å². The van der Waals surface area contributed by atoms with E-state index < -0.39 is 52.7 Å². The second-order valence-corrected chi connectivity index (χ2v) is 13.8. The molecule has 0 aliphatic heterocycles. The topological polar surface area (TPSA) is 209 Å². The van der Waals surface area contributed by atoms with Gasteiger partial charge in [-0.15, -0.1) is 0 Å². The maximum absolute atomic E-state index is 14.0. The summed E-state index contributed by atoms with van der Waals surface area (Å²) < 4.78 is 12.1. The first-order valence-corrected chi connectivity index (χ1v) is 18.1. The van der Waals surface area contributed by atoms with E-state index in [0.717, 1.165) is 22.3 Å². The van der Waals surface area contributed by atoms with E-state index in [1.807, 2.05) is 44.2 Å². The first-order valence-electron chi connectivity index (χ1n) is 16.4. The van der Waals surface area contributed by atoms with Crippen molar-refractivity contribution in [3.8, 4) is 5.75 Å². The van der Waals surface area contributed by atoms with Crippen molar-refractivity contribution in [2.45, 2.75) is 83.5 Å². The molecule has 2 rings (SSSR count). The summed E-state index contributed by atoms with van der Waals surface area (Å²) in [4.78, 5) is 60.3. The van der Waals surface area contributed by atoms with Gasteiger partial charge in [-0.2, -0.15) is 0 Å². The first-order chi connectivity index (χ1) is 23.2. The van der Waals surface area contributed by atoms with Crippen LogP contribution in [0, 0.1) is 13.8 Å². The number of carbonyl (C=O) groups is 4. The van der Waals surface area contributed by atoms with Gasteiger partial charge in [0.05, 0.1) is 5.84 Å². The summed E-state index contributed by atoms with van der Waals surface area (Å²) in [7, 11) is 1.74. The number of amides is 4. The zero-order chi connectivity index (χ0) is 36.7. The van der Waals surface area contributed by atoms with Crippen LogP contribution in [-0.4, -0.2) is 100 Å². The Hall–Kier alpha value is -4.30. The highest BCUT2D eigenvalue weighted by atomic mass is 32.2. The van der Waals surface area contributed by atoms with Crippen LogP contribution in [0.1, 0.15) is 54.9 Å². The zero-order valence-electron chi connectivity index (χ0n) is 29.5. The van der Waals surface area contributed by atoms with E-state index >= 15 is 0 Å². The molecular formula is C35H53N7O6S. The molecule has 270 valence electrons. The van der Waals surface area contributed by atoms with Crippen LogP contribution in [0.3, 0.4) is 0 Å². The number of rotatable bonds is 19. The summed E-state index contributed by atoms with van der Waals surface area (Å²) in [6, 6.07) is 8.27. The molecule has 0 fully saturated rings. The van der Waals surface area contributed by atoms with E-state index in [1.54, 1.807) is 19.1 Å². The lowest BCUT2D eigenvalue weighted by atomic mass is 9.95. The molecule has 8 N–H and O–H groups in total. The second kappa shape index (κ2) is 20.3. The Labute approximate surface area is 292 Å². The van der Waals surface area contributed by atoms with Gasteiger partial charge < -0.3 is 37.4 Å². The summed E-state index contributed by atoms with van der Waals surface area (Å²) in [6.45, 7) is 5.64. The fourth-order valence-electron chi connectivity index (χ4n) is 5.62. The molecule has 5 atom stereocenters. The molecule has 0 aliphatic carbocycles. The van der Waals surface area contributed by atoms with Gasteiger partial charge >= 0.3 is 0 Å². The van der Waals surface area contributed by atoms with Crippen molar-refractivity contribution in [1.29, 1.82) is 0 Å². The van der Waals surface area contributed by atoms with E-state index in [2.05, 4.69) is 20.9 Å². The number of hydrogen-bond acceptors (Lipinski definition) is 8. The number of nitrogens with one attached hydrogen (secondary N) is 3. The van der Waals surface area contributed by atoms with Crippen LogP contribution < -0.4 is 27.4 Å². The number of unbranched alkanes of at least 4 members (excludes halogenated alkanes) is 1. The van der Waals surface area contributed by atoms with Crippen molar-refractivity contribution in [3.05, 3.63) is 64.7 Å². The fourth-order valence-corrected chi connectivity index (χ4v) is 6.19. The summed E-state index contributed by atoms with van der Waals surface area (Å²) in [5.41, 5.74) is 14.7. The predicted molar refractivity (Wildman–Crippen MR) is 193 cm³/mol. The van der Waals surface area contributed by atoms with Crippen molar-refractivity contribution in [2.75, 3.05) is 32.6 Å². The molecule has 2 aromatic rings. The van der Waals surface area contributed by atoms with Crippen LogP contribution in [0.5, 0.6) is 5.75 Å². The largest absolute Gasteiger partial charge is 0.508 e. The highest BCUT2D eigenvalue weighted by molar-refractivity contribution is 7.84. The Kier molecular flexibility index (Phi) is 16.9. The van der Waals surface area contributed by atoms with Crippen LogP contribution in [0.4, 0.5) is 0 Å². The van der Waals surface area contributed by atoms with Gasteiger partial charge in [-0.25, -0.2) is 0 Å². The number of nitrogens with zero attached hydrogens (tertiary/aromatic N) is 2. The van der Waals surface area contributed by atoms with Gasteiger partial charge in [-0.1, -0.05) is 30.3 Å². The van der Waals surface area contributed by atoms with Crippen LogP contribution in [0.25, 0.3) is 0 Å². The number of carbonyl (C=O) groups excluding carboxylic acids is 4. The number of nitrogens with two attached hydrogens (primary N) is 2. The number of aryl methyl sites for hydroxylation is 2. The molecule has 4 amide bonds. The van der Waals surface area contributed by atoms with Gasteiger partial charge in [0.2, 0.25) is 23.6 Å². The third-order valence-electron chi connectivity index (χ3n) is 8.26. The maximum Gasteiger partial charge on any atom is 0.245 e. The van der Waals surface area contributed by atoms with Crippen molar-refractivity contribution >= 4 is 40.3 Å². The van der Waals surface area contributed by atoms with E-state index in [1.165, 1.54) is 25.3 Å². The molecule has 13 nitrogen and oxygen atoms in total. The molecule has 0 bridgehead atoms. The van der Waals surface area contributed by atoms with Crippen molar-refractivity contribution in [2.24, 2.45) is 16.5 Å². The molecule has 0 radical (unpaired) electrons. The number of phenolic OH excluding ortho intramolecular Hbond substituents is 1. The fraction of sp³-hybridized carbons (Fsp3) is 0.514. The Morgan fingerprint density at radius 3 is 2.10 bits per heavy atom. The molecular weight excluding hydrogens is 646 g/mol. The molecule has 0 saturated carbocycles. The van der Waals surface area contributed by atoms with Gasteiger partial charge in [-0.05, 0) is 87.4 Å². The molecule has 49 heavy (non-hydrogen) atoms. The van der Waals surface area contributed by atoms with Gasteiger partial charge in [0.25, 0.3) is 0 Å². The number of amidine groups is 1. The van der Waals surface area contributed by atoms with Crippen molar-refractivity contribution < 1.29 is 28.5 Å². The van der Waals surface area contributed by atoms with E-state index in [9.17, 15) is 28.5 Å². The standard InChI is InChI=1S/C35H53N7O6S/c1-22-18-26(43)19-23(2)27(22)21-29(39-24(3)37)33(45)40-28(15-17-49(6)48)32(44)41-30(20-25-12-8-7-9-13-25)35(47)42(5)31(34(46)38-4)14-10-11-16-36/h7-9,12-13,18-19,28-31,43H,10-11,14-17,20-21,36H2,1-6H3,(H2,37,39)(H,38,46)(H,40,45)(H,41,44)/t28-,29+,30+,31+,49?/m1/s1. The van der Waals surface area contributed by atoms with Gasteiger partial charge in [0, 0.05) is 49.7 Å². The molecule has 0 saturated heterocycles. The molecule has 0 aliphatic rings. The first kappa shape index (κ1) is 40.9. The molecule has 1 unspecified atom stereocenters. The van der Waals surface area contributed by atoms with Gasteiger partial charge in [0.15, 0.2) is 0 Å². The van der Waals surface area contributed by atoms with Crippen LogP contribution in [0.2, 0.25) is 0 Å². The van der Waals surface area contributed by atoms with Crippen molar-refractivity contribution in [3.63, 3.8) is 0 Å². The number of hydrogen-bond donors (Lipinski definition) is 6. The highest BCUT2D eigenvalue weighted by Crippen LogP contribution is 2.23. The molecule has 0 spiro atoms. The third kappa shape index (κ3) is 13.3. The Morgan fingerprint density at radius 1 is 0.939 bits per heavy atom. The summed E-state index contributed by atoms with van der Waals surface area (Å²) >= 11 is 0. The maximum atomic E-state index is 14.0. The number of aliphatic imine (C=N–C) groups is 1. The lowest BCUT2D eigenvalue weighted by Gasteiger charge is -2.31. The molecule has 14 heteroatoms. The number of likely N-dealkylation sites (N-methyl/N-ethyl adjacent to an activating group) is 2. The Bertz CT molecular complexity index is 1460. The normalized spacial score (nSPS) is 14.6. The van der Waals surface area contributed by atoms with E-state index in [4.69, 9.17) is 11.5 Å². The number of aromatic hydroxyl groups is 1. The summed E-state index contributed by atoms with van der Waals surface area (Å²) in [5, 5.41) is 18.2. The smallest absolute Gasteiger partial charge is 0.245 e. The van der Waals surface area contributed by atoms with Crippen LogP contribution in [0.15, 0.2) is 47.5 Å². The zero-order valence-corrected chi connectivity index (χ0v) is 30.3. The van der Waals surface area contributed by atoms with E-state index in [-0.39, 0.29) is 42.5 Å². The quantitative estimate of drug-likeness (QED) is 0.0706. The monoisotopic (exact) mass is 699 g/mol. The summed E-state index contributed by atoms with van der Waals surface area (Å²) in [6.07, 6.45) is 3.49. The number of phenols is 1. The lowest BCUT2D eigenvalue weighted by Crippen LogP contribution is -2.58. The molecule has 0 heterocycles. The molecule has 0 aromatic heterocycles. The SMILES string of the molecule is CNC(=O)[C@H](CCCCN)N(C)C(=O)[C@H](Cc1ccccc1)NC(=O)[C@@H](CCS(C)=O)NC(=O)[C@H](Cc1c(C)cc(O)cc1C)N=C(C)N. The van der Waals surface area contributed by atoms with E-state index in [0.29, 0.717) is 25.8 Å². The Morgan fingerprint density at radius 2 is 1.55 bits per heavy atom. The lowest BCUT2D eigenvalue weighted by molar-refractivity contribution is -0.142. The minimum atomic E-state index is -1.29. The highest BCUT2D eigenvalue weighted by Gasteiger charge is 2.34. The van der Waals surface area contributed by atoms with Crippen LogP contribution >= 0.6 is 0 Å². The van der Waals surface area contributed by atoms with Crippen LogP contribution in [-0.2, 0) is 42.8 Å². The summed E-state index contributed by atoms with van der Waals surface area (Å²) in [5.74, 6) is -1.68. The predicted octanol–water partition coefficient (Wildman–Crippen LogP) is 0.980. The van der Waals surface area contributed by atoms with Crippen molar-refractivity contribution in [1.82, 2.24) is 20.9 Å². The minimum Gasteiger partial charge on any atom is -0.508 e. The second-order valence-electron chi connectivity index (χ2n) is 12.3. The Balaban J connectivity index is 2.43.